The molecule has 1 aromatic carbocycles. The fourth-order valence-corrected chi connectivity index (χ4v) is 4.88. The monoisotopic (exact) mass is 505 g/mol. The molecule has 198 valence electrons. The van der Waals surface area contributed by atoms with E-state index in [0.717, 1.165) is 43.1 Å². The van der Waals surface area contributed by atoms with Gasteiger partial charge in [-0.15, -0.1) is 0 Å². The highest BCUT2D eigenvalue weighted by atomic mass is 19.3. The third-order valence-corrected chi connectivity index (χ3v) is 7.39. The molecule has 10 heteroatoms. The van der Waals surface area contributed by atoms with Crippen LogP contribution in [0.1, 0.15) is 69.8 Å². The molecular formula is C26H37F2N5O3. The van der Waals surface area contributed by atoms with Gasteiger partial charge < -0.3 is 24.8 Å². The maximum absolute atomic E-state index is 13.4. The second-order valence-corrected chi connectivity index (χ2v) is 10.4. The summed E-state index contributed by atoms with van der Waals surface area (Å²) in [6.07, 6.45) is 2.77. The highest BCUT2D eigenvalue weighted by Gasteiger charge is 2.41. The number of ether oxygens (including phenoxy) is 1. The Bertz CT molecular complexity index is 1010. The predicted molar refractivity (Wildman–Crippen MR) is 132 cm³/mol. The molecule has 2 N–H and O–H groups in total. The average Bonchev–Trinajstić information content (AvgIpc) is 3.50. The van der Waals surface area contributed by atoms with E-state index in [1.807, 2.05) is 0 Å². The lowest BCUT2D eigenvalue weighted by Gasteiger charge is -2.33. The topological polar surface area (TPSA) is 97.7 Å². The highest BCUT2D eigenvalue weighted by Crippen LogP contribution is 2.31. The van der Waals surface area contributed by atoms with Crippen molar-refractivity contribution in [2.45, 2.75) is 64.3 Å². The number of alkyl halides is 2. The van der Waals surface area contributed by atoms with Crippen LogP contribution in [0.4, 0.5) is 14.8 Å². The first-order valence-electron chi connectivity index (χ1n) is 12.9. The largest absolute Gasteiger partial charge is 0.494 e. The number of nitrogens with two attached hydrogens (primary N) is 1. The van der Waals surface area contributed by atoms with Crippen molar-refractivity contribution >= 4 is 11.9 Å². The Morgan fingerprint density at radius 1 is 1.19 bits per heavy atom. The molecule has 0 bridgehead atoms. The molecule has 2 aliphatic heterocycles. The van der Waals surface area contributed by atoms with Crippen LogP contribution in [-0.2, 0) is 4.79 Å². The molecule has 2 aliphatic rings. The molecule has 8 nitrogen and oxygen atoms in total. The molecule has 2 atom stereocenters. The number of rotatable bonds is 9. The van der Waals surface area contributed by atoms with E-state index in [2.05, 4.69) is 35.8 Å². The smallest absolute Gasteiger partial charge is 0.324 e. The second kappa shape index (κ2) is 11.1. The number of hydrogen-bond donors (Lipinski definition) is 1. The Morgan fingerprint density at radius 3 is 2.47 bits per heavy atom. The molecule has 2 unspecified atom stereocenters. The number of aromatic nitrogens is 2. The standard InChI is InChI=1S/C26H37F2N5O3/c1-17(2)23-30-25(36-31-23)32-12-8-19(9-13-32)18(3)10-15-35-21-6-4-20(5-7-21)22(29)24(34)33-14-11-26(27,28)16-33/h4-7,17-19,22H,8-16,29H2,1-3H3. The SMILES string of the molecule is CC(C)c1noc(N2CCC(C(C)CCOc3ccc(C(N)C(=O)N4CCC(F)(F)C4)cc3)CC2)n1. The molecule has 2 saturated heterocycles. The summed E-state index contributed by atoms with van der Waals surface area (Å²) in [5.74, 6) is -0.471. The van der Waals surface area contributed by atoms with Gasteiger partial charge in [0.05, 0.1) is 13.2 Å². The van der Waals surface area contributed by atoms with Gasteiger partial charge in [0.1, 0.15) is 11.8 Å². The Morgan fingerprint density at radius 2 is 1.89 bits per heavy atom. The number of amides is 1. The lowest BCUT2D eigenvalue weighted by atomic mass is 9.84. The molecule has 36 heavy (non-hydrogen) atoms. The van der Waals surface area contributed by atoms with Crippen LogP contribution in [0.3, 0.4) is 0 Å². The first kappa shape index (κ1) is 26.3. The van der Waals surface area contributed by atoms with E-state index in [0.29, 0.717) is 35.8 Å². The summed E-state index contributed by atoms with van der Waals surface area (Å²) in [7, 11) is 0. The number of hydrogen-bond acceptors (Lipinski definition) is 7. The average molecular weight is 506 g/mol. The lowest BCUT2D eigenvalue weighted by molar-refractivity contribution is -0.133. The second-order valence-electron chi connectivity index (χ2n) is 10.4. The van der Waals surface area contributed by atoms with Gasteiger partial charge in [0, 0.05) is 32.0 Å². The van der Waals surface area contributed by atoms with Crippen molar-refractivity contribution in [3.05, 3.63) is 35.7 Å². The summed E-state index contributed by atoms with van der Waals surface area (Å²) in [6, 6.07) is 6.68. The fourth-order valence-electron chi connectivity index (χ4n) is 4.88. The summed E-state index contributed by atoms with van der Waals surface area (Å²) in [5.41, 5.74) is 6.63. The number of benzene rings is 1. The van der Waals surface area contributed by atoms with Gasteiger partial charge in [-0.1, -0.05) is 38.1 Å². The number of carbonyl (C=O) groups excluding carboxylic acids is 1. The zero-order valence-electron chi connectivity index (χ0n) is 21.3. The molecule has 3 heterocycles. The molecule has 0 spiro atoms. The Kier molecular flexibility index (Phi) is 8.12. The van der Waals surface area contributed by atoms with Crippen LogP contribution in [-0.4, -0.2) is 59.7 Å². The summed E-state index contributed by atoms with van der Waals surface area (Å²) in [6.45, 7) is 8.25. The maximum atomic E-state index is 13.4. The minimum Gasteiger partial charge on any atom is -0.494 e. The molecule has 4 rings (SSSR count). The van der Waals surface area contributed by atoms with Crippen LogP contribution in [0, 0.1) is 11.8 Å². The van der Waals surface area contributed by atoms with Crippen molar-refractivity contribution in [1.29, 1.82) is 0 Å². The first-order valence-corrected chi connectivity index (χ1v) is 12.9. The van der Waals surface area contributed by atoms with E-state index in [1.165, 1.54) is 0 Å². The highest BCUT2D eigenvalue weighted by molar-refractivity contribution is 5.83. The van der Waals surface area contributed by atoms with Crippen LogP contribution in [0.2, 0.25) is 0 Å². The van der Waals surface area contributed by atoms with E-state index in [1.54, 1.807) is 24.3 Å². The van der Waals surface area contributed by atoms with Gasteiger partial charge in [-0.3, -0.25) is 4.79 Å². The predicted octanol–water partition coefficient (Wildman–Crippen LogP) is 4.38. The van der Waals surface area contributed by atoms with Gasteiger partial charge >= 0.3 is 6.01 Å². The van der Waals surface area contributed by atoms with Crippen LogP contribution in [0.5, 0.6) is 5.75 Å². The minimum absolute atomic E-state index is 0.0357. The molecule has 1 aromatic heterocycles. The van der Waals surface area contributed by atoms with Crippen molar-refractivity contribution < 1.29 is 22.8 Å². The van der Waals surface area contributed by atoms with Gasteiger partial charge in [-0.2, -0.15) is 4.98 Å². The molecular weight excluding hydrogens is 468 g/mol. The van der Waals surface area contributed by atoms with E-state index in [-0.39, 0.29) is 18.9 Å². The Hall–Kier alpha value is -2.75. The van der Waals surface area contributed by atoms with Gasteiger partial charge in [0.25, 0.3) is 5.92 Å². The number of carbonyl (C=O) groups is 1. The van der Waals surface area contributed by atoms with Crippen LogP contribution in [0.25, 0.3) is 0 Å². The van der Waals surface area contributed by atoms with E-state index >= 15 is 0 Å². The van der Waals surface area contributed by atoms with Crippen molar-refractivity contribution in [1.82, 2.24) is 15.0 Å². The summed E-state index contributed by atoms with van der Waals surface area (Å²) < 4.78 is 38.2. The fraction of sp³-hybridized carbons (Fsp3) is 0.654. The Balaban J connectivity index is 1.18. The number of piperidine rings is 1. The van der Waals surface area contributed by atoms with Crippen molar-refractivity contribution in [3.63, 3.8) is 0 Å². The van der Waals surface area contributed by atoms with Gasteiger partial charge in [-0.25, -0.2) is 8.78 Å². The van der Waals surface area contributed by atoms with Crippen LogP contribution < -0.4 is 15.4 Å². The number of likely N-dealkylation sites (tertiary alicyclic amines) is 1. The zero-order chi connectivity index (χ0) is 25.9. The quantitative estimate of drug-likeness (QED) is 0.540. The van der Waals surface area contributed by atoms with Crippen LogP contribution in [0.15, 0.2) is 28.8 Å². The van der Waals surface area contributed by atoms with Crippen LogP contribution >= 0.6 is 0 Å². The summed E-state index contributed by atoms with van der Waals surface area (Å²) >= 11 is 0. The molecule has 2 aromatic rings. The van der Waals surface area contributed by atoms with Gasteiger partial charge in [-0.05, 0) is 48.8 Å². The van der Waals surface area contributed by atoms with Crippen molar-refractivity contribution in [3.8, 4) is 5.75 Å². The van der Waals surface area contributed by atoms with Crippen molar-refractivity contribution in [2.75, 3.05) is 37.7 Å². The lowest BCUT2D eigenvalue weighted by Crippen LogP contribution is -2.38. The minimum atomic E-state index is -2.83. The third kappa shape index (κ3) is 6.32. The normalized spacial score (nSPS) is 20.1. The van der Waals surface area contributed by atoms with E-state index in [9.17, 15) is 13.6 Å². The van der Waals surface area contributed by atoms with E-state index in [4.69, 9.17) is 15.0 Å². The number of anilines is 1. The Labute approximate surface area is 211 Å². The number of halogens is 2. The van der Waals surface area contributed by atoms with Crippen molar-refractivity contribution in [2.24, 2.45) is 17.6 Å². The third-order valence-electron chi connectivity index (χ3n) is 7.39. The number of nitrogens with zero attached hydrogens (tertiary/aromatic N) is 4. The maximum Gasteiger partial charge on any atom is 0.324 e. The first-order chi connectivity index (χ1) is 17.1. The molecule has 0 saturated carbocycles. The molecule has 0 aliphatic carbocycles. The summed E-state index contributed by atoms with van der Waals surface area (Å²) in [4.78, 5) is 20.3. The molecule has 1 amide bonds. The zero-order valence-corrected chi connectivity index (χ0v) is 21.3. The molecule has 2 fully saturated rings. The van der Waals surface area contributed by atoms with E-state index < -0.39 is 24.4 Å². The van der Waals surface area contributed by atoms with Gasteiger partial charge in [0.2, 0.25) is 5.91 Å². The van der Waals surface area contributed by atoms with Gasteiger partial charge in [0.15, 0.2) is 5.82 Å². The molecule has 0 radical (unpaired) electrons. The summed E-state index contributed by atoms with van der Waals surface area (Å²) in [5, 5.41) is 4.06.